The highest BCUT2D eigenvalue weighted by Crippen LogP contribution is 2.30. The fraction of sp³-hybridized carbons (Fsp3) is 0. The lowest BCUT2D eigenvalue weighted by Gasteiger charge is -2.09. The van der Waals surface area contributed by atoms with Gasteiger partial charge >= 0.3 is 11.9 Å². The summed E-state index contributed by atoms with van der Waals surface area (Å²) in [6, 6.07) is 7.98. The van der Waals surface area contributed by atoms with Crippen LogP contribution < -0.4 is 0 Å². The summed E-state index contributed by atoms with van der Waals surface area (Å²) < 4.78 is 4.38. The van der Waals surface area contributed by atoms with Crippen molar-refractivity contribution in [3.63, 3.8) is 0 Å². The lowest BCUT2D eigenvalue weighted by molar-refractivity contribution is 0.0681. The van der Waals surface area contributed by atoms with Crippen molar-refractivity contribution in [1.29, 1.82) is 0 Å². The zero-order chi connectivity index (χ0) is 13.3. The van der Waals surface area contributed by atoms with E-state index in [-0.39, 0.29) is 11.1 Å². The molecule has 0 aromatic heterocycles. The van der Waals surface area contributed by atoms with Gasteiger partial charge in [0.05, 0.1) is 11.1 Å². The van der Waals surface area contributed by atoms with Gasteiger partial charge < -0.3 is 8.93 Å². The molecule has 0 bridgehead atoms. The first-order valence-electron chi connectivity index (χ1n) is 4.83. The van der Waals surface area contributed by atoms with Crippen LogP contribution in [0, 0.1) is 0 Å². The Bertz CT molecular complexity index is 654. The van der Waals surface area contributed by atoms with Gasteiger partial charge in [-0.15, -0.1) is 0 Å². The molecule has 0 saturated heterocycles. The Balaban J connectivity index is 2.91. The van der Waals surface area contributed by atoms with Gasteiger partial charge in [0, 0.05) is 10.4 Å². The number of fused-ring (bicyclic) bond motifs is 1. The first-order chi connectivity index (χ1) is 8.56. The maximum absolute atomic E-state index is 11.5. The maximum atomic E-state index is 11.5. The zero-order valence-corrected chi connectivity index (χ0v) is 11.2. The van der Waals surface area contributed by atoms with E-state index < -0.39 is 11.9 Å². The first kappa shape index (κ1) is 12.9. The third kappa shape index (κ3) is 2.07. The Morgan fingerprint density at radius 1 is 1.22 bits per heavy atom. The summed E-state index contributed by atoms with van der Waals surface area (Å²) in [5.74, 6) is -2.02. The lowest BCUT2D eigenvalue weighted by Crippen LogP contribution is -2.09. The van der Waals surface area contributed by atoms with Crippen LogP contribution in [0.4, 0.5) is 0 Å². The van der Waals surface area contributed by atoms with Gasteiger partial charge in [-0.1, -0.05) is 35.9 Å². The summed E-state index contributed by atoms with van der Waals surface area (Å²) in [5, 5.41) is 10.5. The maximum Gasteiger partial charge on any atom is 0.350 e. The van der Waals surface area contributed by atoms with Crippen molar-refractivity contribution in [1.82, 2.24) is 0 Å². The number of halogens is 2. The molecule has 0 saturated carbocycles. The second kappa shape index (κ2) is 4.96. The van der Waals surface area contributed by atoms with E-state index in [2.05, 4.69) is 20.1 Å². The van der Waals surface area contributed by atoms with E-state index in [0.29, 0.717) is 15.8 Å². The van der Waals surface area contributed by atoms with Crippen LogP contribution in [-0.4, -0.2) is 17.0 Å². The van der Waals surface area contributed by atoms with Crippen molar-refractivity contribution in [3.05, 3.63) is 46.5 Å². The van der Waals surface area contributed by atoms with E-state index in [1.54, 1.807) is 24.3 Å². The number of aromatic carboxylic acids is 1. The van der Waals surface area contributed by atoms with Gasteiger partial charge in [-0.2, -0.15) is 0 Å². The molecule has 0 heterocycles. The molecular weight excluding hydrogens is 323 g/mol. The minimum Gasteiger partial charge on any atom is -0.478 e. The normalized spacial score (nSPS) is 10.3. The van der Waals surface area contributed by atoms with Crippen molar-refractivity contribution in [3.8, 4) is 0 Å². The van der Waals surface area contributed by atoms with Crippen molar-refractivity contribution in [2.75, 3.05) is 0 Å². The zero-order valence-electron chi connectivity index (χ0n) is 8.81. The highest BCUT2D eigenvalue weighted by Gasteiger charge is 2.22. The monoisotopic (exact) mass is 328 g/mol. The molecule has 0 aliphatic rings. The van der Waals surface area contributed by atoms with Crippen LogP contribution in [0.3, 0.4) is 0 Å². The Kier molecular flexibility index (Phi) is 3.54. The highest BCUT2D eigenvalue weighted by atomic mass is 79.9. The predicted molar refractivity (Wildman–Crippen MR) is 70.3 cm³/mol. The van der Waals surface area contributed by atoms with Crippen LogP contribution in [0.25, 0.3) is 10.8 Å². The average Bonchev–Trinajstić information content (AvgIpc) is 2.37. The molecular formula is C12H6BrClO4. The molecule has 0 spiro atoms. The molecule has 4 nitrogen and oxygen atoms in total. The highest BCUT2D eigenvalue weighted by molar-refractivity contribution is 9.06. The molecule has 6 heteroatoms. The van der Waals surface area contributed by atoms with Gasteiger partial charge in [0.2, 0.25) is 0 Å². The lowest BCUT2D eigenvalue weighted by atomic mass is 9.99. The third-order valence-electron chi connectivity index (χ3n) is 2.50. The molecule has 2 aromatic rings. The van der Waals surface area contributed by atoms with E-state index in [1.165, 1.54) is 6.07 Å². The Morgan fingerprint density at radius 2 is 1.83 bits per heavy atom. The molecule has 0 atom stereocenters. The van der Waals surface area contributed by atoms with Crippen LogP contribution in [0.5, 0.6) is 0 Å². The largest absolute Gasteiger partial charge is 0.478 e. The molecule has 92 valence electrons. The quantitative estimate of drug-likeness (QED) is 0.913. The summed E-state index contributed by atoms with van der Waals surface area (Å²) in [6.07, 6.45) is 0. The van der Waals surface area contributed by atoms with Crippen LogP contribution in [0.15, 0.2) is 30.3 Å². The van der Waals surface area contributed by atoms with E-state index in [0.717, 1.165) is 0 Å². The predicted octanol–water partition coefficient (Wildman–Crippen LogP) is 3.66. The van der Waals surface area contributed by atoms with Gasteiger partial charge in [-0.3, -0.25) is 0 Å². The third-order valence-corrected chi connectivity index (χ3v) is 3.10. The van der Waals surface area contributed by atoms with E-state index >= 15 is 0 Å². The second-order valence-corrected chi connectivity index (χ2v) is 4.23. The number of carboxylic acid groups (broad SMARTS) is 1. The molecule has 0 aliphatic heterocycles. The van der Waals surface area contributed by atoms with Gasteiger partial charge in [-0.25, -0.2) is 9.59 Å². The molecule has 2 rings (SSSR count). The second-order valence-electron chi connectivity index (χ2n) is 3.50. The SMILES string of the molecule is O=C(OBr)c1cc(Cl)c2ccccc2c1C(=O)O. The van der Waals surface area contributed by atoms with Crippen LogP contribution >= 0.6 is 27.9 Å². The Labute approximate surface area is 116 Å². The standard InChI is InChI=1S/C12H6BrClO4/c13-18-12(17)8-5-9(14)6-3-1-2-4-7(6)10(8)11(15)16/h1-5H,(H,15,16). The van der Waals surface area contributed by atoms with Crippen LogP contribution in [0.2, 0.25) is 5.02 Å². The number of rotatable bonds is 2. The van der Waals surface area contributed by atoms with Gasteiger partial charge in [0.1, 0.15) is 0 Å². The van der Waals surface area contributed by atoms with Crippen molar-refractivity contribution >= 4 is 50.6 Å². The number of hydrogen-bond acceptors (Lipinski definition) is 3. The molecule has 1 N–H and O–H groups in total. The Morgan fingerprint density at radius 3 is 2.39 bits per heavy atom. The fourth-order valence-corrected chi connectivity index (χ4v) is 2.21. The number of benzene rings is 2. The smallest absolute Gasteiger partial charge is 0.350 e. The van der Waals surface area contributed by atoms with Gasteiger partial charge in [0.15, 0.2) is 16.3 Å². The average molecular weight is 330 g/mol. The number of carbonyl (C=O) groups is 2. The van der Waals surface area contributed by atoms with E-state index in [4.69, 9.17) is 11.6 Å². The molecule has 2 aromatic carbocycles. The van der Waals surface area contributed by atoms with E-state index in [1.807, 2.05) is 0 Å². The molecule has 0 radical (unpaired) electrons. The van der Waals surface area contributed by atoms with Crippen LogP contribution in [-0.2, 0) is 3.83 Å². The summed E-state index contributed by atoms with van der Waals surface area (Å²) in [6.45, 7) is 0. The van der Waals surface area contributed by atoms with Gasteiger partial charge in [-0.05, 0) is 11.5 Å². The van der Waals surface area contributed by atoms with Crippen molar-refractivity contribution in [2.45, 2.75) is 0 Å². The van der Waals surface area contributed by atoms with E-state index in [9.17, 15) is 14.7 Å². The van der Waals surface area contributed by atoms with Crippen molar-refractivity contribution in [2.24, 2.45) is 0 Å². The summed E-state index contributed by atoms with van der Waals surface area (Å²) >= 11 is 8.56. The first-order valence-corrected chi connectivity index (χ1v) is 5.86. The Hall–Kier alpha value is -1.59. The summed E-state index contributed by atoms with van der Waals surface area (Å²) in [4.78, 5) is 22.8. The fourth-order valence-electron chi connectivity index (χ4n) is 1.76. The van der Waals surface area contributed by atoms with Crippen molar-refractivity contribution < 1.29 is 18.5 Å². The molecule has 0 unspecified atom stereocenters. The molecule has 18 heavy (non-hydrogen) atoms. The number of hydrogen-bond donors (Lipinski definition) is 1. The topological polar surface area (TPSA) is 63.6 Å². The molecule has 0 amide bonds. The minimum absolute atomic E-state index is 0.0944. The van der Waals surface area contributed by atoms with Gasteiger partial charge in [0.25, 0.3) is 0 Å². The number of carboxylic acids is 1. The van der Waals surface area contributed by atoms with Crippen LogP contribution in [0.1, 0.15) is 20.7 Å². The summed E-state index contributed by atoms with van der Waals surface area (Å²) in [7, 11) is 0. The number of carbonyl (C=O) groups excluding carboxylic acids is 1. The minimum atomic E-state index is -1.21. The summed E-state index contributed by atoms with van der Waals surface area (Å²) in [5.41, 5.74) is -0.220. The molecule has 0 aliphatic carbocycles. The molecule has 0 fully saturated rings.